The number of nitrogens with zero attached hydrogens (tertiary/aromatic N) is 1. The van der Waals surface area contributed by atoms with E-state index in [4.69, 9.17) is 23.2 Å². The van der Waals surface area contributed by atoms with Crippen LogP contribution in [0.25, 0.3) is 0 Å². The van der Waals surface area contributed by atoms with Gasteiger partial charge in [0.05, 0.1) is 0 Å². The Bertz CT molecular complexity index is 626. The Hall–Kier alpha value is -0.670. The fourth-order valence-electron chi connectivity index (χ4n) is 2.31. The van der Waals surface area contributed by atoms with Gasteiger partial charge in [-0.1, -0.05) is 48.3 Å². The van der Waals surface area contributed by atoms with E-state index in [0.29, 0.717) is 10.9 Å². The first-order chi connectivity index (χ1) is 11.0. The topological polar surface area (TPSA) is 3.24 Å². The molecule has 0 bridgehead atoms. The summed E-state index contributed by atoms with van der Waals surface area (Å²) in [6.07, 6.45) is 1.18. The summed E-state index contributed by atoms with van der Waals surface area (Å²) >= 11 is 13.9. The van der Waals surface area contributed by atoms with Gasteiger partial charge in [0.15, 0.2) is 0 Å². The van der Waals surface area contributed by atoms with E-state index in [1.165, 1.54) is 16.9 Å². The summed E-state index contributed by atoms with van der Waals surface area (Å²) in [5.74, 6) is 1.44. The minimum Gasteiger partial charge on any atom is -0.309 e. The van der Waals surface area contributed by atoms with Gasteiger partial charge in [-0.25, -0.2) is 0 Å². The fraction of sp³-hybridized carbons (Fsp3) is 0.368. The lowest BCUT2D eigenvalue weighted by Crippen LogP contribution is -2.14. The summed E-state index contributed by atoms with van der Waals surface area (Å²) in [6.45, 7) is 3.41. The highest BCUT2D eigenvalue weighted by molar-refractivity contribution is 7.98. The minimum atomic E-state index is 0.585. The number of halogens is 2. The largest absolute Gasteiger partial charge is 0.309 e. The van der Waals surface area contributed by atoms with E-state index in [2.05, 4.69) is 50.2 Å². The third-order valence-electron chi connectivity index (χ3n) is 3.87. The van der Waals surface area contributed by atoms with E-state index in [1.807, 2.05) is 12.1 Å². The van der Waals surface area contributed by atoms with Crippen LogP contribution in [0.3, 0.4) is 0 Å². The molecular formula is C19H23Cl2NS. The molecule has 0 saturated heterocycles. The van der Waals surface area contributed by atoms with Gasteiger partial charge in [0.25, 0.3) is 0 Å². The van der Waals surface area contributed by atoms with Gasteiger partial charge in [-0.3, -0.25) is 0 Å². The zero-order valence-electron chi connectivity index (χ0n) is 13.9. The van der Waals surface area contributed by atoms with Crippen LogP contribution >= 0.6 is 35.0 Å². The first-order valence-electron chi connectivity index (χ1n) is 7.77. The van der Waals surface area contributed by atoms with E-state index < -0.39 is 0 Å². The first-order valence-corrected chi connectivity index (χ1v) is 9.51. The molecule has 0 heterocycles. The normalized spacial score (nSPS) is 12.6. The molecule has 0 N–H and O–H groups in total. The van der Waals surface area contributed by atoms with Crippen molar-refractivity contribution in [2.45, 2.75) is 29.9 Å². The average molecular weight is 368 g/mol. The molecule has 1 nitrogen and oxygen atoms in total. The van der Waals surface area contributed by atoms with E-state index in [1.54, 1.807) is 17.8 Å². The van der Waals surface area contributed by atoms with Crippen LogP contribution in [0.4, 0.5) is 0 Å². The molecule has 0 aromatic heterocycles. The van der Waals surface area contributed by atoms with E-state index in [0.717, 1.165) is 22.9 Å². The highest BCUT2D eigenvalue weighted by Crippen LogP contribution is 2.29. The molecule has 0 aliphatic carbocycles. The van der Waals surface area contributed by atoms with Crippen molar-refractivity contribution in [3.05, 3.63) is 63.6 Å². The maximum atomic E-state index is 6.22. The lowest BCUT2D eigenvalue weighted by Gasteiger charge is -2.15. The third-order valence-corrected chi connectivity index (χ3v) is 5.52. The smallest absolute Gasteiger partial charge is 0.0461 e. The van der Waals surface area contributed by atoms with Gasteiger partial charge in [-0.2, -0.15) is 0 Å². The number of thioether (sulfide) groups is 1. The summed E-state index contributed by atoms with van der Waals surface area (Å²) in [5, 5.41) is 1.42. The molecule has 0 aliphatic heterocycles. The van der Waals surface area contributed by atoms with Crippen LogP contribution < -0.4 is 0 Å². The Morgan fingerprint density at radius 2 is 1.74 bits per heavy atom. The monoisotopic (exact) mass is 367 g/mol. The summed E-state index contributed by atoms with van der Waals surface area (Å²) in [6, 6.07) is 14.6. The van der Waals surface area contributed by atoms with Crippen LogP contribution in [0.15, 0.2) is 47.4 Å². The number of hydrogen-bond acceptors (Lipinski definition) is 2. The van der Waals surface area contributed by atoms with Crippen molar-refractivity contribution in [2.24, 2.45) is 0 Å². The highest BCUT2D eigenvalue weighted by Gasteiger charge is 2.07. The van der Waals surface area contributed by atoms with E-state index in [9.17, 15) is 0 Å². The van der Waals surface area contributed by atoms with E-state index >= 15 is 0 Å². The van der Waals surface area contributed by atoms with Crippen molar-refractivity contribution in [1.82, 2.24) is 4.90 Å². The summed E-state index contributed by atoms with van der Waals surface area (Å²) in [5.41, 5.74) is 2.52. The predicted octanol–water partition coefficient (Wildman–Crippen LogP) is 6.34. The molecule has 23 heavy (non-hydrogen) atoms. The molecule has 1 unspecified atom stereocenters. The van der Waals surface area contributed by atoms with Gasteiger partial charge in [-0.15, -0.1) is 11.8 Å². The van der Waals surface area contributed by atoms with Crippen molar-refractivity contribution in [3.63, 3.8) is 0 Å². The second kappa shape index (κ2) is 8.98. The molecule has 0 spiro atoms. The summed E-state index contributed by atoms with van der Waals surface area (Å²) < 4.78 is 0. The molecular weight excluding hydrogens is 345 g/mol. The van der Waals surface area contributed by atoms with Crippen LogP contribution in [0.5, 0.6) is 0 Å². The quantitative estimate of drug-likeness (QED) is 0.525. The lowest BCUT2D eigenvalue weighted by atomic mass is 9.98. The third kappa shape index (κ3) is 6.04. The van der Waals surface area contributed by atoms with E-state index in [-0.39, 0.29) is 0 Å². The molecule has 4 heteroatoms. The Morgan fingerprint density at radius 1 is 1.04 bits per heavy atom. The Balaban J connectivity index is 1.92. The van der Waals surface area contributed by atoms with Crippen molar-refractivity contribution in [2.75, 3.05) is 20.6 Å². The average Bonchev–Trinajstić information content (AvgIpc) is 2.52. The SMILES string of the molecule is CC(CCN(C)C)c1ccc(SCc2ccc(Cl)cc2Cl)cc1. The van der Waals surface area contributed by atoms with Crippen LogP contribution in [0.1, 0.15) is 30.4 Å². The van der Waals surface area contributed by atoms with Gasteiger partial charge in [0.2, 0.25) is 0 Å². The van der Waals surface area contributed by atoms with Crippen LogP contribution in [-0.4, -0.2) is 25.5 Å². The van der Waals surface area contributed by atoms with Gasteiger partial charge in [0.1, 0.15) is 0 Å². The van der Waals surface area contributed by atoms with Gasteiger partial charge in [0, 0.05) is 20.7 Å². The minimum absolute atomic E-state index is 0.585. The molecule has 2 rings (SSSR count). The van der Waals surface area contributed by atoms with Crippen molar-refractivity contribution in [1.29, 1.82) is 0 Å². The maximum absolute atomic E-state index is 6.22. The van der Waals surface area contributed by atoms with Gasteiger partial charge in [-0.05, 0) is 68.4 Å². The standard InChI is InChI=1S/C19H23Cl2NS/c1-14(10-11-22(2)3)15-5-8-18(9-6-15)23-13-16-4-7-17(20)12-19(16)21/h4-9,12,14H,10-11,13H2,1-3H3. The molecule has 0 radical (unpaired) electrons. The lowest BCUT2D eigenvalue weighted by molar-refractivity contribution is 0.386. The van der Waals surface area contributed by atoms with Gasteiger partial charge >= 0.3 is 0 Å². The second-order valence-electron chi connectivity index (χ2n) is 6.09. The first kappa shape index (κ1) is 18.7. The second-order valence-corrected chi connectivity index (χ2v) is 7.98. The predicted molar refractivity (Wildman–Crippen MR) is 104 cm³/mol. The summed E-state index contributed by atoms with van der Waals surface area (Å²) in [4.78, 5) is 3.50. The summed E-state index contributed by atoms with van der Waals surface area (Å²) in [7, 11) is 4.24. The molecule has 2 aromatic rings. The molecule has 0 fully saturated rings. The maximum Gasteiger partial charge on any atom is 0.0461 e. The number of rotatable bonds is 7. The Labute approximate surface area is 154 Å². The van der Waals surface area contributed by atoms with Crippen LogP contribution in [-0.2, 0) is 5.75 Å². The molecule has 2 aromatic carbocycles. The number of benzene rings is 2. The van der Waals surface area contributed by atoms with Crippen molar-refractivity contribution < 1.29 is 0 Å². The number of hydrogen-bond donors (Lipinski definition) is 0. The van der Waals surface area contributed by atoms with Gasteiger partial charge < -0.3 is 4.90 Å². The Kier molecular flexibility index (Phi) is 7.29. The molecule has 0 aliphatic rings. The zero-order valence-corrected chi connectivity index (χ0v) is 16.2. The molecule has 1 atom stereocenters. The fourth-order valence-corrected chi connectivity index (χ4v) is 3.77. The van der Waals surface area contributed by atoms with Crippen molar-refractivity contribution in [3.8, 4) is 0 Å². The Morgan fingerprint density at radius 3 is 2.35 bits per heavy atom. The van der Waals surface area contributed by atoms with Crippen LogP contribution in [0.2, 0.25) is 10.0 Å². The molecule has 0 saturated carbocycles. The highest BCUT2D eigenvalue weighted by atomic mass is 35.5. The molecule has 0 amide bonds. The molecule has 124 valence electrons. The van der Waals surface area contributed by atoms with Crippen LogP contribution in [0, 0.1) is 0 Å². The van der Waals surface area contributed by atoms with Crippen molar-refractivity contribution >= 4 is 35.0 Å². The zero-order chi connectivity index (χ0) is 16.8.